The van der Waals surface area contributed by atoms with Crippen molar-refractivity contribution < 1.29 is 18.3 Å². The summed E-state index contributed by atoms with van der Waals surface area (Å²) < 4.78 is 33.8. The summed E-state index contributed by atoms with van der Waals surface area (Å²) in [5.74, 6) is -3.40. The number of carbonyl (C=O) groups is 1. The van der Waals surface area contributed by atoms with E-state index < -0.39 is 34.7 Å². The normalized spacial score (nSPS) is 10.8. The molecule has 0 fully saturated rings. The first-order chi connectivity index (χ1) is 11.5. The quantitative estimate of drug-likeness (QED) is 0.693. The highest BCUT2D eigenvalue weighted by Gasteiger charge is 2.23. The number of hydrogen-bond donors (Lipinski definition) is 0. The highest BCUT2D eigenvalue weighted by Crippen LogP contribution is 2.19. The predicted molar refractivity (Wildman–Crippen MR) is 83.2 cm³/mol. The summed E-state index contributed by atoms with van der Waals surface area (Å²) in [5, 5.41) is 0.133. The molecule has 0 aliphatic rings. The summed E-state index contributed by atoms with van der Waals surface area (Å²) in [5.41, 5.74) is -1.19. The Morgan fingerprint density at radius 2 is 1.79 bits per heavy atom. The molecule has 3 rings (SSSR count). The molecule has 0 spiro atoms. The zero-order valence-electron chi connectivity index (χ0n) is 12.6. The van der Waals surface area contributed by atoms with Gasteiger partial charge in [0.15, 0.2) is 0 Å². The number of fused-ring (bicyclic) bond motifs is 1. The maximum atomic E-state index is 14.2. The van der Waals surface area contributed by atoms with Gasteiger partial charge in [-0.25, -0.2) is 23.1 Å². The van der Waals surface area contributed by atoms with Crippen molar-refractivity contribution in [3.8, 4) is 5.69 Å². The maximum Gasteiger partial charge on any atom is 0.375 e. The first-order valence-corrected chi connectivity index (χ1v) is 7.18. The van der Waals surface area contributed by atoms with Crippen molar-refractivity contribution in [1.82, 2.24) is 9.55 Å². The van der Waals surface area contributed by atoms with Crippen LogP contribution in [-0.4, -0.2) is 22.1 Å². The van der Waals surface area contributed by atoms with E-state index in [-0.39, 0.29) is 17.5 Å². The number of nitrogens with zero attached hydrogens (tertiary/aromatic N) is 2. The second kappa shape index (κ2) is 6.19. The van der Waals surface area contributed by atoms with Crippen molar-refractivity contribution in [3.05, 3.63) is 70.3 Å². The van der Waals surface area contributed by atoms with E-state index >= 15 is 0 Å². The van der Waals surface area contributed by atoms with Gasteiger partial charge < -0.3 is 4.74 Å². The molecule has 0 radical (unpaired) electrons. The van der Waals surface area contributed by atoms with Gasteiger partial charge in [0.1, 0.15) is 17.3 Å². The van der Waals surface area contributed by atoms with Gasteiger partial charge in [-0.05, 0) is 31.2 Å². The lowest BCUT2D eigenvalue weighted by Gasteiger charge is -2.13. The zero-order chi connectivity index (χ0) is 17.3. The van der Waals surface area contributed by atoms with E-state index in [0.717, 1.165) is 18.2 Å². The zero-order valence-corrected chi connectivity index (χ0v) is 12.6. The molecule has 0 bridgehead atoms. The second-order valence-electron chi connectivity index (χ2n) is 4.88. The van der Waals surface area contributed by atoms with E-state index in [1.165, 1.54) is 12.1 Å². The molecule has 0 amide bonds. The van der Waals surface area contributed by atoms with Gasteiger partial charge in [0.2, 0.25) is 5.82 Å². The van der Waals surface area contributed by atoms with E-state index in [0.29, 0.717) is 4.57 Å². The highest BCUT2D eigenvalue weighted by atomic mass is 19.1. The van der Waals surface area contributed by atoms with Crippen LogP contribution in [0.1, 0.15) is 17.5 Å². The van der Waals surface area contributed by atoms with Gasteiger partial charge >= 0.3 is 5.97 Å². The molecule has 0 unspecified atom stereocenters. The molecule has 122 valence electrons. The van der Waals surface area contributed by atoms with Gasteiger partial charge in [-0.1, -0.05) is 18.2 Å². The second-order valence-corrected chi connectivity index (χ2v) is 4.88. The lowest BCUT2D eigenvalue weighted by Crippen LogP contribution is -2.29. The van der Waals surface area contributed by atoms with Crippen LogP contribution in [-0.2, 0) is 4.74 Å². The Hall–Kier alpha value is -3.09. The Kier molecular flexibility index (Phi) is 4.07. The van der Waals surface area contributed by atoms with Gasteiger partial charge in [0.05, 0.1) is 17.5 Å². The minimum absolute atomic E-state index is 0.0291. The van der Waals surface area contributed by atoms with Crippen LogP contribution in [0.5, 0.6) is 0 Å². The fourth-order valence-corrected chi connectivity index (χ4v) is 2.38. The molecule has 0 saturated heterocycles. The van der Waals surface area contributed by atoms with E-state index in [4.69, 9.17) is 4.74 Å². The van der Waals surface area contributed by atoms with Gasteiger partial charge in [-0.15, -0.1) is 0 Å². The lowest BCUT2D eigenvalue weighted by atomic mass is 10.2. The van der Waals surface area contributed by atoms with Crippen molar-refractivity contribution in [3.63, 3.8) is 0 Å². The largest absolute Gasteiger partial charge is 0.460 e. The number of aromatic nitrogens is 2. The van der Waals surface area contributed by atoms with Gasteiger partial charge in [0, 0.05) is 0 Å². The van der Waals surface area contributed by atoms with E-state index in [9.17, 15) is 18.4 Å². The third-order valence-electron chi connectivity index (χ3n) is 3.39. The highest BCUT2D eigenvalue weighted by molar-refractivity contribution is 5.89. The first-order valence-electron chi connectivity index (χ1n) is 7.18. The van der Waals surface area contributed by atoms with Crippen LogP contribution in [0.4, 0.5) is 8.78 Å². The smallest absolute Gasteiger partial charge is 0.375 e. The van der Waals surface area contributed by atoms with Crippen molar-refractivity contribution in [1.29, 1.82) is 0 Å². The Morgan fingerprint density at radius 3 is 2.46 bits per heavy atom. The summed E-state index contributed by atoms with van der Waals surface area (Å²) >= 11 is 0. The van der Waals surface area contributed by atoms with E-state index in [2.05, 4.69) is 4.98 Å². The van der Waals surface area contributed by atoms with Crippen molar-refractivity contribution in [2.45, 2.75) is 6.92 Å². The van der Waals surface area contributed by atoms with Crippen LogP contribution in [0.25, 0.3) is 16.6 Å². The number of carbonyl (C=O) groups excluding carboxylic acids is 1. The van der Waals surface area contributed by atoms with Gasteiger partial charge in [-0.2, -0.15) is 0 Å². The van der Waals surface area contributed by atoms with Crippen molar-refractivity contribution >= 4 is 16.9 Å². The standard InChI is InChI=1S/C17H12F2N2O3/c1-2-24-17(23)15-20-13-9-4-3-6-10(13)16(22)21(15)14-11(18)7-5-8-12(14)19/h3-9H,2H2,1H3. The minimum atomic E-state index is -0.986. The number of hydrogen-bond acceptors (Lipinski definition) is 4. The molecule has 2 aromatic carbocycles. The van der Waals surface area contributed by atoms with Crippen LogP contribution < -0.4 is 5.56 Å². The van der Waals surface area contributed by atoms with E-state index in [1.54, 1.807) is 19.1 Å². The van der Waals surface area contributed by atoms with Crippen LogP contribution in [0.3, 0.4) is 0 Å². The Labute approximate surface area is 135 Å². The van der Waals surface area contributed by atoms with Crippen LogP contribution in [0.15, 0.2) is 47.3 Å². The summed E-state index contributed by atoms with van der Waals surface area (Å²) in [4.78, 5) is 29.0. The topological polar surface area (TPSA) is 61.2 Å². The molecule has 5 nitrogen and oxygen atoms in total. The number of halogens is 2. The van der Waals surface area contributed by atoms with Crippen molar-refractivity contribution in [2.75, 3.05) is 6.61 Å². The van der Waals surface area contributed by atoms with Crippen LogP contribution in [0, 0.1) is 11.6 Å². The molecule has 24 heavy (non-hydrogen) atoms. The summed E-state index contributed by atoms with van der Waals surface area (Å²) in [6.45, 7) is 1.60. The van der Waals surface area contributed by atoms with E-state index in [1.807, 2.05) is 0 Å². The number of rotatable bonds is 3. The lowest BCUT2D eigenvalue weighted by molar-refractivity contribution is 0.0508. The SMILES string of the molecule is CCOC(=O)c1nc2ccccc2c(=O)n1-c1c(F)cccc1F. The maximum absolute atomic E-state index is 14.2. The number of esters is 1. The molecule has 0 N–H and O–H groups in total. The first kappa shape index (κ1) is 15.8. The molecular formula is C17H12F2N2O3. The Bertz CT molecular complexity index is 979. The fraction of sp³-hybridized carbons (Fsp3) is 0.118. The average molecular weight is 330 g/mol. The fourth-order valence-electron chi connectivity index (χ4n) is 2.38. The van der Waals surface area contributed by atoms with Gasteiger partial charge in [0.25, 0.3) is 5.56 Å². The van der Waals surface area contributed by atoms with Crippen LogP contribution >= 0.6 is 0 Å². The Morgan fingerprint density at radius 1 is 1.12 bits per heavy atom. The molecule has 0 aliphatic heterocycles. The Balaban J connectivity index is 2.45. The minimum Gasteiger partial charge on any atom is -0.460 e. The molecule has 0 aliphatic carbocycles. The number of benzene rings is 2. The molecular weight excluding hydrogens is 318 g/mol. The predicted octanol–water partition coefficient (Wildman–Crippen LogP) is 2.84. The monoisotopic (exact) mass is 330 g/mol. The average Bonchev–Trinajstić information content (AvgIpc) is 2.56. The summed E-state index contributed by atoms with van der Waals surface area (Å²) in [6, 6.07) is 9.38. The molecule has 3 aromatic rings. The molecule has 1 heterocycles. The molecule has 7 heteroatoms. The molecule has 0 atom stereocenters. The summed E-state index contributed by atoms with van der Waals surface area (Å²) in [6.07, 6.45) is 0. The summed E-state index contributed by atoms with van der Waals surface area (Å²) in [7, 11) is 0. The van der Waals surface area contributed by atoms with Crippen LogP contribution in [0.2, 0.25) is 0 Å². The molecule has 1 aromatic heterocycles. The number of ether oxygens (including phenoxy) is 1. The number of para-hydroxylation sites is 2. The third kappa shape index (κ3) is 2.54. The third-order valence-corrected chi connectivity index (χ3v) is 3.39. The van der Waals surface area contributed by atoms with Gasteiger partial charge in [-0.3, -0.25) is 4.79 Å². The van der Waals surface area contributed by atoms with Crippen molar-refractivity contribution in [2.24, 2.45) is 0 Å². The molecule has 0 saturated carbocycles.